The molecule has 33 heavy (non-hydrogen) atoms. The van der Waals surface area contributed by atoms with Gasteiger partial charge in [0.2, 0.25) is 6.79 Å². The van der Waals surface area contributed by atoms with Crippen LogP contribution in [0.2, 0.25) is 0 Å². The number of phenols is 1. The minimum absolute atomic E-state index is 0.0982. The van der Waals surface area contributed by atoms with Crippen molar-refractivity contribution in [3.05, 3.63) is 64.7 Å². The first kappa shape index (κ1) is 21.5. The molecule has 3 heterocycles. The van der Waals surface area contributed by atoms with Crippen molar-refractivity contribution in [3.63, 3.8) is 0 Å². The van der Waals surface area contributed by atoms with Gasteiger partial charge in [0.25, 0.3) is 5.91 Å². The summed E-state index contributed by atoms with van der Waals surface area (Å²) in [4.78, 5) is 22.3. The van der Waals surface area contributed by atoms with Crippen LogP contribution in [-0.2, 0) is 13.0 Å². The summed E-state index contributed by atoms with van der Waals surface area (Å²) in [5, 5.41) is 13.2. The minimum atomic E-state index is -0.0982. The lowest BCUT2D eigenvalue weighted by Crippen LogP contribution is -2.45. The summed E-state index contributed by atoms with van der Waals surface area (Å²) in [5.74, 6) is 1.78. The van der Waals surface area contributed by atoms with Crippen LogP contribution < -0.4 is 19.7 Å². The SMILES string of the molecule is O=C(NCCc1ccc(O)cc1)c1cnc(N2CCN(Cc3ccc4c(c3)OCO4)CC2)s1. The van der Waals surface area contributed by atoms with Gasteiger partial charge in [-0.05, 0) is 41.8 Å². The summed E-state index contributed by atoms with van der Waals surface area (Å²) in [7, 11) is 0. The van der Waals surface area contributed by atoms with Crippen LogP contribution in [0.3, 0.4) is 0 Å². The van der Waals surface area contributed by atoms with E-state index in [9.17, 15) is 9.90 Å². The van der Waals surface area contributed by atoms with Crippen molar-refractivity contribution in [1.29, 1.82) is 0 Å². The van der Waals surface area contributed by atoms with Crippen LogP contribution >= 0.6 is 11.3 Å². The van der Waals surface area contributed by atoms with Gasteiger partial charge in [-0.3, -0.25) is 9.69 Å². The summed E-state index contributed by atoms with van der Waals surface area (Å²) in [6.07, 6.45) is 2.37. The van der Waals surface area contributed by atoms with E-state index in [2.05, 4.69) is 32.2 Å². The van der Waals surface area contributed by atoms with Crippen LogP contribution in [0.5, 0.6) is 17.2 Å². The van der Waals surface area contributed by atoms with Gasteiger partial charge in [0, 0.05) is 39.3 Å². The lowest BCUT2D eigenvalue weighted by Gasteiger charge is -2.34. The van der Waals surface area contributed by atoms with Gasteiger partial charge in [0.05, 0.1) is 6.20 Å². The van der Waals surface area contributed by atoms with E-state index in [-0.39, 0.29) is 11.7 Å². The number of hydrogen-bond donors (Lipinski definition) is 2. The Morgan fingerprint density at radius 2 is 1.79 bits per heavy atom. The van der Waals surface area contributed by atoms with Crippen molar-refractivity contribution in [2.75, 3.05) is 44.4 Å². The van der Waals surface area contributed by atoms with E-state index in [0.717, 1.165) is 54.9 Å². The summed E-state index contributed by atoms with van der Waals surface area (Å²) >= 11 is 1.44. The topological polar surface area (TPSA) is 87.2 Å². The number of carbonyl (C=O) groups is 1. The highest BCUT2D eigenvalue weighted by molar-refractivity contribution is 7.17. The number of fused-ring (bicyclic) bond motifs is 1. The maximum Gasteiger partial charge on any atom is 0.263 e. The quantitative estimate of drug-likeness (QED) is 0.554. The van der Waals surface area contributed by atoms with E-state index >= 15 is 0 Å². The molecule has 0 aliphatic carbocycles. The average Bonchev–Trinajstić information content (AvgIpc) is 3.50. The maximum absolute atomic E-state index is 12.5. The molecular formula is C24H26N4O4S. The molecule has 0 spiro atoms. The Morgan fingerprint density at radius 1 is 1.03 bits per heavy atom. The van der Waals surface area contributed by atoms with Crippen molar-refractivity contribution >= 4 is 22.4 Å². The Bertz CT molecular complexity index is 1110. The smallest absolute Gasteiger partial charge is 0.263 e. The van der Waals surface area contributed by atoms with Gasteiger partial charge < -0.3 is 24.8 Å². The second-order valence-electron chi connectivity index (χ2n) is 8.13. The molecule has 2 aliphatic rings. The standard InChI is InChI=1S/C24H26N4O4S/c29-19-4-1-17(2-5-19)7-8-25-23(30)22-14-26-24(33-22)28-11-9-27(10-12-28)15-18-3-6-20-21(13-18)32-16-31-20/h1-6,13-14,29H,7-12,15-16H2,(H,25,30). The zero-order valence-corrected chi connectivity index (χ0v) is 19.0. The van der Waals surface area contributed by atoms with Crippen LogP contribution in [-0.4, -0.2) is 60.4 Å². The number of thiazole rings is 1. The lowest BCUT2D eigenvalue weighted by molar-refractivity contribution is 0.0958. The average molecular weight is 467 g/mol. The van der Waals surface area contributed by atoms with Crippen LogP contribution in [0.25, 0.3) is 0 Å². The van der Waals surface area contributed by atoms with Crippen molar-refractivity contribution in [3.8, 4) is 17.2 Å². The molecule has 0 radical (unpaired) electrons. The number of phenolic OH excluding ortho intramolecular Hbond substituents is 1. The first-order chi connectivity index (χ1) is 16.1. The third kappa shape index (κ3) is 5.20. The number of anilines is 1. The highest BCUT2D eigenvalue weighted by Crippen LogP contribution is 2.33. The van der Waals surface area contributed by atoms with Crippen LogP contribution in [0.15, 0.2) is 48.7 Å². The number of carbonyl (C=O) groups excluding carboxylic acids is 1. The van der Waals surface area contributed by atoms with Gasteiger partial charge in [-0.1, -0.05) is 29.5 Å². The number of piperazine rings is 1. The first-order valence-corrected chi connectivity index (χ1v) is 11.8. The molecule has 2 aromatic carbocycles. The highest BCUT2D eigenvalue weighted by Gasteiger charge is 2.22. The number of aromatic nitrogens is 1. The van der Waals surface area contributed by atoms with E-state index in [4.69, 9.17) is 9.47 Å². The number of aromatic hydroxyl groups is 1. The number of amides is 1. The van der Waals surface area contributed by atoms with E-state index in [0.29, 0.717) is 24.6 Å². The zero-order chi connectivity index (χ0) is 22.6. The van der Waals surface area contributed by atoms with Gasteiger partial charge in [-0.25, -0.2) is 4.98 Å². The molecule has 1 aromatic heterocycles. The Labute approximate surface area is 196 Å². The molecule has 1 saturated heterocycles. The molecule has 172 valence electrons. The Balaban J connectivity index is 1.08. The molecule has 0 atom stereocenters. The fourth-order valence-corrected chi connectivity index (χ4v) is 4.87. The van der Waals surface area contributed by atoms with Gasteiger partial charge in [0.1, 0.15) is 10.6 Å². The fraction of sp³-hybridized carbons (Fsp3) is 0.333. The number of nitrogens with one attached hydrogen (secondary N) is 1. The first-order valence-electron chi connectivity index (χ1n) is 11.0. The van der Waals surface area contributed by atoms with Crippen molar-refractivity contribution in [1.82, 2.24) is 15.2 Å². The molecule has 0 saturated carbocycles. The normalized spacial score (nSPS) is 15.6. The molecular weight excluding hydrogens is 440 g/mol. The molecule has 9 heteroatoms. The number of hydrogen-bond acceptors (Lipinski definition) is 8. The van der Waals surface area contributed by atoms with Crippen molar-refractivity contribution in [2.45, 2.75) is 13.0 Å². The fourth-order valence-electron chi connectivity index (χ4n) is 3.98. The summed E-state index contributed by atoms with van der Waals surface area (Å²) < 4.78 is 10.9. The Kier molecular flexibility index (Phi) is 6.32. The lowest BCUT2D eigenvalue weighted by atomic mass is 10.1. The van der Waals surface area contributed by atoms with E-state index in [1.807, 2.05) is 18.2 Å². The predicted octanol–water partition coefficient (Wildman–Crippen LogP) is 2.87. The Morgan fingerprint density at radius 3 is 2.61 bits per heavy atom. The molecule has 8 nitrogen and oxygen atoms in total. The van der Waals surface area contributed by atoms with Gasteiger partial charge in [0.15, 0.2) is 16.6 Å². The Hall–Kier alpha value is -3.30. The van der Waals surface area contributed by atoms with Gasteiger partial charge >= 0.3 is 0 Å². The van der Waals surface area contributed by atoms with Crippen LogP contribution in [0.4, 0.5) is 5.13 Å². The number of nitrogens with zero attached hydrogens (tertiary/aromatic N) is 3. The minimum Gasteiger partial charge on any atom is -0.508 e. The molecule has 3 aromatic rings. The molecule has 2 N–H and O–H groups in total. The molecule has 5 rings (SSSR count). The molecule has 0 bridgehead atoms. The largest absolute Gasteiger partial charge is 0.508 e. The predicted molar refractivity (Wildman–Crippen MR) is 126 cm³/mol. The summed E-state index contributed by atoms with van der Waals surface area (Å²) in [6.45, 7) is 5.32. The summed E-state index contributed by atoms with van der Waals surface area (Å²) in [5.41, 5.74) is 2.28. The van der Waals surface area contributed by atoms with Crippen molar-refractivity contribution < 1.29 is 19.4 Å². The van der Waals surface area contributed by atoms with Crippen LogP contribution in [0, 0.1) is 0 Å². The third-order valence-corrected chi connectivity index (χ3v) is 6.90. The number of ether oxygens (including phenoxy) is 2. The van der Waals surface area contributed by atoms with E-state index < -0.39 is 0 Å². The zero-order valence-electron chi connectivity index (χ0n) is 18.2. The summed E-state index contributed by atoms with van der Waals surface area (Å²) in [6, 6.07) is 13.1. The molecule has 1 amide bonds. The highest BCUT2D eigenvalue weighted by atomic mass is 32.1. The molecule has 2 aliphatic heterocycles. The second kappa shape index (κ2) is 9.68. The van der Waals surface area contributed by atoms with E-state index in [1.165, 1.54) is 16.9 Å². The third-order valence-electron chi connectivity index (χ3n) is 5.84. The monoisotopic (exact) mass is 466 g/mol. The number of benzene rings is 2. The maximum atomic E-state index is 12.5. The molecule has 1 fully saturated rings. The number of rotatable bonds is 7. The van der Waals surface area contributed by atoms with Gasteiger partial charge in [-0.15, -0.1) is 0 Å². The van der Waals surface area contributed by atoms with Crippen LogP contribution in [0.1, 0.15) is 20.8 Å². The second-order valence-corrected chi connectivity index (χ2v) is 9.14. The van der Waals surface area contributed by atoms with Crippen molar-refractivity contribution in [2.24, 2.45) is 0 Å². The molecule has 0 unspecified atom stereocenters. The van der Waals surface area contributed by atoms with Gasteiger partial charge in [-0.2, -0.15) is 0 Å². The van der Waals surface area contributed by atoms with E-state index in [1.54, 1.807) is 18.3 Å².